The summed E-state index contributed by atoms with van der Waals surface area (Å²) in [6.45, 7) is 0.0513. The molecule has 7 heteroatoms. The number of hydrogen-bond acceptors (Lipinski definition) is 3. The van der Waals surface area contributed by atoms with E-state index in [1.807, 2.05) is 41.2 Å². The molecule has 0 saturated carbocycles. The molecule has 1 aliphatic rings. The molecule has 1 aliphatic heterocycles. The van der Waals surface area contributed by atoms with Crippen molar-refractivity contribution >= 4 is 17.8 Å². The number of benzene rings is 1. The van der Waals surface area contributed by atoms with Crippen LogP contribution >= 0.6 is 0 Å². The van der Waals surface area contributed by atoms with Gasteiger partial charge >= 0.3 is 6.03 Å². The van der Waals surface area contributed by atoms with Crippen molar-refractivity contribution in [2.45, 2.75) is 6.04 Å². The molecule has 7 nitrogen and oxygen atoms in total. The fourth-order valence-corrected chi connectivity index (χ4v) is 2.19. The van der Waals surface area contributed by atoms with Crippen LogP contribution in [0.2, 0.25) is 0 Å². The molecule has 1 aromatic heterocycles. The number of rotatable bonds is 4. The van der Waals surface area contributed by atoms with E-state index in [-0.39, 0.29) is 12.5 Å². The normalized spacial score (nSPS) is 17.0. The van der Waals surface area contributed by atoms with Crippen molar-refractivity contribution in [3.05, 3.63) is 54.4 Å². The average Bonchev–Trinajstić information content (AvgIpc) is 3.15. The van der Waals surface area contributed by atoms with E-state index >= 15 is 0 Å². The van der Waals surface area contributed by atoms with E-state index < -0.39 is 18.0 Å². The minimum Gasteiger partial charge on any atom is -0.349 e. The van der Waals surface area contributed by atoms with Crippen LogP contribution in [0.15, 0.2) is 48.8 Å². The predicted molar refractivity (Wildman–Crippen MR) is 78.6 cm³/mol. The minimum absolute atomic E-state index is 0.0513. The molecule has 0 bridgehead atoms. The third-order valence-electron chi connectivity index (χ3n) is 3.36. The highest BCUT2D eigenvalue weighted by Gasteiger charge is 2.29. The molecule has 1 aromatic carbocycles. The zero-order valence-corrected chi connectivity index (χ0v) is 11.6. The molecule has 22 heavy (non-hydrogen) atoms. The van der Waals surface area contributed by atoms with Crippen LogP contribution in [-0.2, 0) is 4.79 Å². The van der Waals surface area contributed by atoms with Gasteiger partial charge in [0.25, 0.3) is 11.8 Å². The standard InChI is InChI=1S/C15H14N4O3/c20-13(16-9-12-14(21)18-15(22)17-12)10-3-5-11(6-4-10)19-7-1-2-8-19/h1-8,12H,9H2,(H,16,20)(H2,17,18,21,22). The summed E-state index contributed by atoms with van der Waals surface area (Å²) in [4.78, 5) is 34.4. The lowest BCUT2D eigenvalue weighted by Crippen LogP contribution is -2.41. The first-order chi connectivity index (χ1) is 10.6. The zero-order chi connectivity index (χ0) is 15.5. The maximum atomic E-state index is 12.0. The Bertz CT molecular complexity index is 707. The van der Waals surface area contributed by atoms with Gasteiger partial charge in [-0.3, -0.25) is 14.9 Å². The Kier molecular flexibility index (Phi) is 3.61. The Morgan fingerprint density at radius 1 is 1.14 bits per heavy atom. The largest absolute Gasteiger partial charge is 0.349 e. The summed E-state index contributed by atoms with van der Waals surface area (Å²) in [6.07, 6.45) is 3.83. The fourth-order valence-electron chi connectivity index (χ4n) is 2.19. The molecule has 3 rings (SSSR count). The number of amides is 4. The number of imide groups is 1. The Morgan fingerprint density at radius 3 is 2.41 bits per heavy atom. The number of carbonyl (C=O) groups is 3. The van der Waals surface area contributed by atoms with Crippen LogP contribution in [-0.4, -0.2) is 35.0 Å². The molecule has 2 aromatic rings. The lowest BCUT2D eigenvalue weighted by molar-refractivity contribution is -0.120. The summed E-state index contributed by atoms with van der Waals surface area (Å²) in [5.74, 6) is -0.735. The summed E-state index contributed by atoms with van der Waals surface area (Å²) in [7, 11) is 0. The SMILES string of the molecule is O=C1NC(=O)C(CNC(=O)c2ccc(-n3cccc3)cc2)N1. The topological polar surface area (TPSA) is 92.2 Å². The smallest absolute Gasteiger partial charge is 0.322 e. The van der Waals surface area contributed by atoms with E-state index in [2.05, 4.69) is 16.0 Å². The molecule has 1 saturated heterocycles. The fraction of sp³-hybridized carbons (Fsp3) is 0.133. The van der Waals surface area contributed by atoms with Gasteiger partial charge in [-0.2, -0.15) is 0 Å². The van der Waals surface area contributed by atoms with Crippen molar-refractivity contribution in [3.63, 3.8) is 0 Å². The van der Waals surface area contributed by atoms with Crippen LogP contribution < -0.4 is 16.0 Å². The molecule has 112 valence electrons. The Balaban J connectivity index is 1.61. The van der Waals surface area contributed by atoms with E-state index in [1.165, 1.54) is 0 Å². The molecular weight excluding hydrogens is 284 g/mol. The van der Waals surface area contributed by atoms with Gasteiger partial charge in [0.15, 0.2) is 0 Å². The molecule has 0 radical (unpaired) electrons. The van der Waals surface area contributed by atoms with Gasteiger partial charge < -0.3 is 15.2 Å². The van der Waals surface area contributed by atoms with Gasteiger partial charge in [0.05, 0.1) is 0 Å². The van der Waals surface area contributed by atoms with Crippen LogP contribution in [0.1, 0.15) is 10.4 Å². The van der Waals surface area contributed by atoms with Gasteiger partial charge in [0, 0.05) is 30.2 Å². The van der Waals surface area contributed by atoms with E-state index in [4.69, 9.17) is 0 Å². The van der Waals surface area contributed by atoms with E-state index in [1.54, 1.807) is 12.1 Å². The van der Waals surface area contributed by atoms with Gasteiger partial charge in [-0.25, -0.2) is 4.79 Å². The van der Waals surface area contributed by atoms with Gasteiger partial charge in [-0.1, -0.05) is 0 Å². The van der Waals surface area contributed by atoms with E-state index in [9.17, 15) is 14.4 Å². The number of carbonyl (C=O) groups excluding carboxylic acids is 3. The van der Waals surface area contributed by atoms with Crippen molar-refractivity contribution in [1.29, 1.82) is 0 Å². The van der Waals surface area contributed by atoms with Crippen LogP contribution in [0.3, 0.4) is 0 Å². The second-order valence-corrected chi connectivity index (χ2v) is 4.86. The Hall–Kier alpha value is -3.09. The maximum Gasteiger partial charge on any atom is 0.322 e. The predicted octanol–water partition coefficient (Wildman–Crippen LogP) is 0.415. The monoisotopic (exact) mass is 298 g/mol. The molecule has 0 spiro atoms. The molecule has 4 amide bonds. The minimum atomic E-state index is -0.726. The quantitative estimate of drug-likeness (QED) is 0.714. The second kappa shape index (κ2) is 5.72. The maximum absolute atomic E-state index is 12.0. The number of hydrogen-bond donors (Lipinski definition) is 3. The molecule has 1 unspecified atom stereocenters. The van der Waals surface area contributed by atoms with E-state index in [0.717, 1.165) is 5.69 Å². The number of urea groups is 1. The molecular formula is C15H14N4O3. The molecule has 0 aliphatic carbocycles. The van der Waals surface area contributed by atoms with E-state index in [0.29, 0.717) is 5.56 Å². The Labute approximate surface area is 126 Å². The number of nitrogens with one attached hydrogen (secondary N) is 3. The van der Waals surface area contributed by atoms with Crippen LogP contribution in [0.4, 0.5) is 4.79 Å². The summed E-state index contributed by atoms with van der Waals surface area (Å²) >= 11 is 0. The van der Waals surface area contributed by atoms with Gasteiger partial charge in [-0.05, 0) is 36.4 Å². The van der Waals surface area contributed by atoms with Crippen molar-refractivity contribution in [2.24, 2.45) is 0 Å². The summed E-state index contributed by atoms with van der Waals surface area (Å²) in [5.41, 5.74) is 1.43. The highest BCUT2D eigenvalue weighted by molar-refractivity contribution is 6.04. The third-order valence-corrected chi connectivity index (χ3v) is 3.36. The van der Waals surface area contributed by atoms with Crippen LogP contribution in [0.5, 0.6) is 0 Å². The third kappa shape index (κ3) is 2.83. The number of nitrogens with zero attached hydrogens (tertiary/aromatic N) is 1. The zero-order valence-electron chi connectivity index (χ0n) is 11.6. The van der Waals surface area contributed by atoms with Crippen molar-refractivity contribution in [2.75, 3.05) is 6.54 Å². The van der Waals surface area contributed by atoms with Crippen LogP contribution in [0.25, 0.3) is 5.69 Å². The number of aromatic nitrogens is 1. The lowest BCUT2D eigenvalue weighted by Gasteiger charge is -2.10. The summed E-state index contributed by atoms with van der Waals surface area (Å²) in [6, 6.07) is 9.65. The highest BCUT2D eigenvalue weighted by atomic mass is 16.2. The van der Waals surface area contributed by atoms with Gasteiger partial charge in [-0.15, -0.1) is 0 Å². The first-order valence-electron chi connectivity index (χ1n) is 6.76. The van der Waals surface area contributed by atoms with Crippen molar-refractivity contribution in [1.82, 2.24) is 20.5 Å². The second-order valence-electron chi connectivity index (χ2n) is 4.86. The molecule has 1 fully saturated rings. The lowest BCUT2D eigenvalue weighted by atomic mass is 10.2. The van der Waals surface area contributed by atoms with Gasteiger partial charge in [0.1, 0.15) is 6.04 Å². The van der Waals surface area contributed by atoms with Gasteiger partial charge in [0.2, 0.25) is 0 Å². The van der Waals surface area contributed by atoms with Crippen LogP contribution in [0, 0.1) is 0 Å². The highest BCUT2D eigenvalue weighted by Crippen LogP contribution is 2.10. The Morgan fingerprint density at radius 2 is 1.82 bits per heavy atom. The first kappa shape index (κ1) is 13.9. The summed E-state index contributed by atoms with van der Waals surface area (Å²) < 4.78 is 1.93. The molecule has 1 atom stereocenters. The molecule has 2 heterocycles. The average molecular weight is 298 g/mol. The van der Waals surface area contributed by atoms with Crippen molar-refractivity contribution < 1.29 is 14.4 Å². The molecule has 3 N–H and O–H groups in total. The summed E-state index contributed by atoms with van der Waals surface area (Å²) in [5, 5.41) is 7.16. The van der Waals surface area contributed by atoms with Crippen molar-refractivity contribution in [3.8, 4) is 5.69 Å². The first-order valence-corrected chi connectivity index (χ1v) is 6.76.